The van der Waals surface area contributed by atoms with E-state index in [1.54, 1.807) is 34.6 Å². The van der Waals surface area contributed by atoms with Gasteiger partial charge < -0.3 is 23.5 Å². The summed E-state index contributed by atoms with van der Waals surface area (Å²) in [7, 11) is 6.60. The van der Waals surface area contributed by atoms with Crippen LogP contribution in [0.25, 0.3) is 22.2 Å². The van der Waals surface area contributed by atoms with Crippen LogP contribution >= 0.6 is 0 Å². The minimum atomic E-state index is -0.396. The Morgan fingerprint density at radius 1 is 0.800 bits per heavy atom. The van der Waals surface area contributed by atoms with Crippen molar-refractivity contribution < 1.29 is 18.9 Å². The van der Waals surface area contributed by atoms with Crippen LogP contribution in [-0.2, 0) is 4.74 Å². The lowest BCUT2D eigenvalue weighted by Gasteiger charge is -2.20. The van der Waals surface area contributed by atoms with E-state index < -0.39 is 6.23 Å². The molecule has 0 bridgehead atoms. The summed E-state index contributed by atoms with van der Waals surface area (Å²) < 4.78 is 24.4. The summed E-state index contributed by atoms with van der Waals surface area (Å²) in [5, 5.41) is 1.02. The lowest BCUT2D eigenvalue weighted by atomic mass is 10.1. The van der Waals surface area contributed by atoms with Gasteiger partial charge in [-0.15, -0.1) is 0 Å². The number of hydrogen-bond acceptors (Lipinski definition) is 5. The number of aromatic nitrogens is 2. The second-order valence-corrected chi connectivity index (χ2v) is 6.72. The predicted octanol–water partition coefficient (Wildman–Crippen LogP) is 4.92. The molecule has 1 unspecified atom stereocenters. The van der Waals surface area contributed by atoms with Crippen LogP contribution in [0.1, 0.15) is 11.8 Å². The highest BCUT2D eigenvalue weighted by Crippen LogP contribution is 2.38. The van der Waals surface area contributed by atoms with Crippen LogP contribution in [-0.4, -0.2) is 38.0 Å². The van der Waals surface area contributed by atoms with Crippen LogP contribution in [0.15, 0.2) is 67.0 Å². The Balaban J connectivity index is 1.91. The fraction of sp³-hybridized carbons (Fsp3) is 0.208. The van der Waals surface area contributed by atoms with Crippen molar-refractivity contribution in [3.63, 3.8) is 0 Å². The van der Waals surface area contributed by atoms with Crippen molar-refractivity contribution >= 4 is 11.0 Å². The van der Waals surface area contributed by atoms with Crippen LogP contribution < -0.4 is 14.2 Å². The Morgan fingerprint density at radius 2 is 1.57 bits per heavy atom. The van der Waals surface area contributed by atoms with Gasteiger partial charge in [0.25, 0.3) is 0 Å². The molecule has 2 aromatic carbocycles. The van der Waals surface area contributed by atoms with Gasteiger partial charge in [-0.05, 0) is 35.9 Å². The first-order valence-electron chi connectivity index (χ1n) is 9.55. The first-order chi connectivity index (χ1) is 14.7. The first-order valence-corrected chi connectivity index (χ1v) is 9.55. The molecule has 0 saturated heterocycles. The molecule has 6 heteroatoms. The molecule has 0 aliphatic carbocycles. The molecule has 4 rings (SSSR count). The number of benzene rings is 2. The van der Waals surface area contributed by atoms with E-state index in [-0.39, 0.29) is 0 Å². The van der Waals surface area contributed by atoms with E-state index in [1.807, 2.05) is 53.1 Å². The summed E-state index contributed by atoms with van der Waals surface area (Å²) in [6, 6.07) is 17.7. The number of hydrogen-bond donors (Lipinski definition) is 0. The van der Waals surface area contributed by atoms with Crippen LogP contribution in [0.2, 0.25) is 0 Å². The zero-order valence-corrected chi connectivity index (χ0v) is 17.5. The minimum absolute atomic E-state index is 0.396. The summed E-state index contributed by atoms with van der Waals surface area (Å²) in [6.07, 6.45) is 3.44. The number of nitrogens with zero attached hydrogens (tertiary/aromatic N) is 2. The highest BCUT2D eigenvalue weighted by molar-refractivity contribution is 5.94. The predicted molar refractivity (Wildman–Crippen MR) is 116 cm³/mol. The van der Waals surface area contributed by atoms with Gasteiger partial charge in [-0.1, -0.05) is 24.3 Å². The number of pyridine rings is 1. The van der Waals surface area contributed by atoms with E-state index in [2.05, 4.69) is 17.2 Å². The Kier molecular flexibility index (Phi) is 5.59. The third-order valence-corrected chi connectivity index (χ3v) is 5.17. The molecule has 2 heterocycles. The van der Waals surface area contributed by atoms with Crippen LogP contribution in [0.5, 0.6) is 17.2 Å². The van der Waals surface area contributed by atoms with Crippen molar-refractivity contribution in [3.05, 3.63) is 72.6 Å². The van der Waals surface area contributed by atoms with Gasteiger partial charge in [-0.2, -0.15) is 0 Å². The van der Waals surface area contributed by atoms with E-state index in [1.165, 1.54) is 0 Å². The lowest BCUT2D eigenvalue weighted by molar-refractivity contribution is 0.0796. The standard InChI is InChI=1S/C24H24N2O4/c1-27-20-10-6-5-8-18(20)24(30-4)26-15-19(17-9-7-13-25-23(17)26)16-11-12-21(28-2)22(14-16)29-3/h5-15,24H,1-4H3. The van der Waals surface area contributed by atoms with Crippen molar-refractivity contribution in [1.82, 2.24) is 9.55 Å². The van der Waals surface area contributed by atoms with E-state index in [0.29, 0.717) is 11.5 Å². The van der Waals surface area contributed by atoms with Gasteiger partial charge in [0.1, 0.15) is 11.4 Å². The Bertz CT molecular complexity index is 1170. The number of rotatable bonds is 7. The van der Waals surface area contributed by atoms with Crippen LogP contribution in [0, 0.1) is 0 Å². The molecule has 4 aromatic rings. The van der Waals surface area contributed by atoms with Gasteiger partial charge in [-0.25, -0.2) is 4.98 Å². The average Bonchev–Trinajstić information content (AvgIpc) is 3.19. The molecule has 0 aliphatic heterocycles. The van der Waals surface area contributed by atoms with Crippen LogP contribution in [0.3, 0.4) is 0 Å². The van der Waals surface area contributed by atoms with Gasteiger partial charge in [0.05, 0.1) is 21.3 Å². The minimum Gasteiger partial charge on any atom is -0.496 e. The van der Waals surface area contributed by atoms with Crippen molar-refractivity contribution in [3.8, 4) is 28.4 Å². The van der Waals surface area contributed by atoms with Gasteiger partial charge in [0.2, 0.25) is 0 Å². The van der Waals surface area contributed by atoms with Crippen molar-refractivity contribution in [2.24, 2.45) is 0 Å². The Labute approximate surface area is 175 Å². The molecule has 0 saturated carbocycles. The molecule has 0 amide bonds. The SMILES string of the molecule is COc1ccc(-c2cn(C(OC)c3ccccc3OC)c3ncccc23)cc1OC. The van der Waals surface area contributed by atoms with Crippen molar-refractivity contribution in [2.45, 2.75) is 6.23 Å². The number of para-hydroxylation sites is 1. The molecule has 2 aromatic heterocycles. The van der Waals surface area contributed by atoms with Crippen LogP contribution in [0.4, 0.5) is 0 Å². The summed E-state index contributed by atoms with van der Waals surface area (Å²) in [6.45, 7) is 0. The smallest absolute Gasteiger partial charge is 0.164 e. The van der Waals surface area contributed by atoms with E-state index >= 15 is 0 Å². The van der Waals surface area contributed by atoms with E-state index in [0.717, 1.165) is 33.5 Å². The third kappa shape index (κ3) is 3.35. The fourth-order valence-corrected chi connectivity index (χ4v) is 3.76. The van der Waals surface area contributed by atoms with Gasteiger partial charge in [0, 0.05) is 36.0 Å². The molecule has 0 aliphatic rings. The summed E-state index contributed by atoms with van der Waals surface area (Å²) in [4.78, 5) is 4.64. The zero-order valence-electron chi connectivity index (χ0n) is 17.5. The second kappa shape index (κ2) is 8.47. The first kappa shape index (κ1) is 19.8. The molecule has 0 radical (unpaired) electrons. The molecule has 0 N–H and O–H groups in total. The fourth-order valence-electron chi connectivity index (χ4n) is 3.76. The highest BCUT2D eigenvalue weighted by atomic mass is 16.5. The molecule has 30 heavy (non-hydrogen) atoms. The normalized spacial score (nSPS) is 12.0. The summed E-state index contributed by atoms with van der Waals surface area (Å²) in [5.41, 5.74) is 3.76. The van der Waals surface area contributed by atoms with E-state index in [4.69, 9.17) is 18.9 Å². The van der Waals surface area contributed by atoms with Gasteiger partial charge in [-0.3, -0.25) is 0 Å². The molecular weight excluding hydrogens is 380 g/mol. The van der Waals surface area contributed by atoms with Crippen molar-refractivity contribution in [2.75, 3.05) is 28.4 Å². The lowest BCUT2D eigenvalue weighted by Crippen LogP contribution is -2.13. The average molecular weight is 404 g/mol. The maximum absolute atomic E-state index is 5.90. The van der Waals surface area contributed by atoms with E-state index in [9.17, 15) is 0 Å². The van der Waals surface area contributed by atoms with Gasteiger partial charge in [0.15, 0.2) is 17.7 Å². The number of ether oxygens (including phenoxy) is 4. The quantitative estimate of drug-likeness (QED) is 0.437. The molecule has 6 nitrogen and oxygen atoms in total. The Morgan fingerprint density at radius 3 is 2.30 bits per heavy atom. The maximum Gasteiger partial charge on any atom is 0.164 e. The molecular formula is C24H24N2O4. The monoisotopic (exact) mass is 404 g/mol. The highest BCUT2D eigenvalue weighted by Gasteiger charge is 2.22. The second-order valence-electron chi connectivity index (χ2n) is 6.72. The van der Waals surface area contributed by atoms with Gasteiger partial charge >= 0.3 is 0 Å². The number of methoxy groups -OCH3 is 4. The molecule has 1 atom stereocenters. The third-order valence-electron chi connectivity index (χ3n) is 5.17. The largest absolute Gasteiger partial charge is 0.496 e. The topological polar surface area (TPSA) is 54.7 Å². The summed E-state index contributed by atoms with van der Waals surface area (Å²) >= 11 is 0. The summed E-state index contributed by atoms with van der Waals surface area (Å²) in [5.74, 6) is 2.12. The number of fused-ring (bicyclic) bond motifs is 1. The Hall–Kier alpha value is -3.51. The molecule has 0 spiro atoms. The molecule has 0 fully saturated rings. The zero-order chi connectivity index (χ0) is 21.1. The van der Waals surface area contributed by atoms with Crippen molar-refractivity contribution in [1.29, 1.82) is 0 Å². The molecule has 154 valence electrons. The maximum atomic E-state index is 5.90.